The summed E-state index contributed by atoms with van der Waals surface area (Å²) in [5, 5.41) is 0.678. The predicted molar refractivity (Wildman–Crippen MR) is 99.2 cm³/mol. The van der Waals surface area contributed by atoms with E-state index in [4.69, 9.17) is 9.15 Å². The molecule has 2 aliphatic rings. The number of amides is 2. The fourth-order valence-corrected chi connectivity index (χ4v) is 4.18. The van der Waals surface area contributed by atoms with Crippen molar-refractivity contribution in [3.63, 3.8) is 0 Å². The predicted octanol–water partition coefficient (Wildman–Crippen LogP) is 2.32. The van der Waals surface area contributed by atoms with Gasteiger partial charge in [-0.3, -0.25) is 19.3 Å². The molecule has 1 aliphatic carbocycles. The Morgan fingerprint density at radius 3 is 2.46 bits per heavy atom. The third kappa shape index (κ3) is 3.32. The molecular formula is C21H21NO6. The van der Waals surface area contributed by atoms with E-state index in [1.807, 2.05) is 13.0 Å². The number of benzene rings is 1. The molecular weight excluding hydrogens is 362 g/mol. The number of imide groups is 1. The van der Waals surface area contributed by atoms with Crippen LogP contribution >= 0.6 is 0 Å². The maximum Gasteiger partial charge on any atom is 0.336 e. The standard InChI is InChI=1S/C21H21NO6/c1-12-6-7-14-13(9-18(23)28-17(14)8-12)11-27-19(24)10-22-20(25)15-4-2-3-5-16(15)21(22)26/h6-9,15-16H,2-5,10-11H2,1H3. The third-order valence-electron chi connectivity index (χ3n) is 5.59. The van der Waals surface area contributed by atoms with E-state index in [9.17, 15) is 19.2 Å². The molecule has 0 spiro atoms. The van der Waals surface area contributed by atoms with Crippen molar-refractivity contribution in [2.45, 2.75) is 39.2 Å². The summed E-state index contributed by atoms with van der Waals surface area (Å²) < 4.78 is 10.5. The molecule has 2 heterocycles. The summed E-state index contributed by atoms with van der Waals surface area (Å²) in [7, 11) is 0. The minimum atomic E-state index is -0.672. The van der Waals surface area contributed by atoms with E-state index in [1.165, 1.54) is 6.07 Å². The Morgan fingerprint density at radius 1 is 1.11 bits per heavy atom. The summed E-state index contributed by atoms with van der Waals surface area (Å²) in [6.07, 6.45) is 3.27. The van der Waals surface area contributed by atoms with Crippen LogP contribution in [-0.2, 0) is 25.7 Å². The monoisotopic (exact) mass is 383 g/mol. The fourth-order valence-electron chi connectivity index (χ4n) is 4.18. The number of carbonyl (C=O) groups is 3. The van der Waals surface area contributed by atoms with Gasteiger partial charge in [0.25, 0.3) is 0 Å². The van der Waals surface area contributed by atoms with Gasteiger partial charge in [0, 0.05) is 17.0 Å². The number of ether oxygens (including phenoxy) is 1. The highest BCUT2D eigenvalue weighted by Crippen LogP contribution is 2.37. The van der Waals surface area contributed by atoms with E-state index in [0.717, 1.165) is 23.3 Å². The lowest BCUT2D eigenvalue weighted by Gasteiger charge is -2.19. The van der Waals surface area contributed by atoms with Gasteiger partial charge in [0.05, 0.1) is 11.8 Å². The Bertz CT molecular complexity index is 999. The number of carbonyl (C=O) groups excluding carboxylic acids is 3. The van der Waals surface area contributed by atoms with Crippen LogP contribution in [-0.4, -0.2) is 29.2 Å². The lowest BCUT2D eigenvalue weighted by Crippen LogP contribution is -2.36. The van der Waals surface area contributed by atoms with Crippen LogP contribution in [0.15, 0.2) is 33.5 Å². The second-order valence-corrected chi connectivity index (χ2v) is 7.51. The molecule has 1 saturated carbocycles. The van der Waals surface area contributed by atoms with Crippen LogP contribution in [0.3, 0.4) is 0 Å². The number of hydrogen-bond acceptors (Lipinski definition) is 6. The van der Waals surface area contributed by atoms with Gasteiger partial charge >= 0.3 is 11.6 Å². The van der Waals surface area contributed by atoms with E-state index in [1.54, 1.807) is 12.1 Å². The second kappa shape index (κ2) is 7.22. The minimum absolute atomic E-state index is 0.132. The SMILES string of the molecule is Cc1ccc2c(COC(=O)CN3C(=O)C4CCCCC4C3=O)cc(=O)oc2c1. The van der Waals surface area contributed by atoms with Gasteiger partial charge in [-0.15, -0.1) is 0 Å². The van der Waals surface area contributed by atoms with Gasteiger partial charge in [0.2, 0.25) is 11.8 Å². The summed E-state index contributed by atoms with van der Waals surface area (Å²) in [6.45, 7) is 1.37. The third-order valence-corrected chi connectivity index (χ3v) is 5.59. The Labute approximate surface area is 161 Å². The molecule has 0 bridgehead atoms. The second-order valence-electron chi connectivity index (χ2n) is 7.51. The fraction of sp³-hybridized carbons (Fsp3) is 0.429. The number of esters is 1. The van der Waals surface area contributed by atoms with E-state index >= 15 is 0 Å². The van der Waals surface area contributed by atoms with Crippen LogP contribution in [0.4, 0.5) is 0 Å². The molecule has 7 nitrogen and oxygen atoms in total. The highest BCUT2D eigenvalue weighted by atomic mass is 16.5. The van der Waals surface area contributed by atoms with Crippen molar-refractivity contribution in [2.24, 2.45) is 11.8 Å². The highest BCUT2D eigenvalue weighted by Gasteiger charge is 2.48. The number of fused-ring (bicyclic) bond motifs is 2. The van der Waals surface area contributed by atoms with Crippen LogP contribution in [0.2, 0.25) is 0 Å². The van der Waals surface area contributed by atoms with E-state index in [2.05, 4.69) is 0 Å². The first-order chi connectivity index (χ1) is 13.4. The smallest absolute Gasteiger partial charge is 0.336 e. The molecule has 1 aromatic carbocycles. The van der Waals surface area contributed by atoms with Gasteiger partial charge < -0.3 is 9.15 Å². The molecule has 4 rings (SSSR count). The van der Waals surface area contributed by atoms with Crippen molar-refractivity contribution in [2.75, 3.05) is 6.54 Å². The number of rotatable bonds is 4. The van der Waals surface area contributed by atoms with Crippen molar-refractivity contribution in [3.8, 4) is 0 Å². The Hall–Kier alpha value is -2.96. The first kappa shape index (κ1) is 18.4. The molecule has 146 valence electrons. The average molecular weight is 383 g/mol. The molecule has 7 heteroatoms. The number of hydrogen-bond donors (Lipinski definition) is 0. The Kier molecular flexibility index (Phi) is 4.75. The molecule has 2 unspecified atom stereocenters. The van der Waals surface area contributed by atoms with Gasteiger partial charge in [-0.25, -0.2) is 4.79 Å². The highest BCUT2D eigenvalue weighted by molar-refractivity contribution is 6.07. The van der Waals surface area contributed by atoms with Gasteiger partial charge in [0.15, 0.2) is 0 Å². The zero-order chi connectivity index (χ0) is 19.8. The summed E-state index contributed by atoms with van der Waals surface area (Å²) in [5.41, 5.74) is 1.36. The molecule has 0 radical (unpaired) electrons. The topological polar surface area (TPSA) is 93.9 Å². The largest absolute Gasteiger partial charge is 0.459 e. The number of nitrogens with zero attached hydrogens (tertiary/aromatic N) is 1. The maximum atomic E-state index is 12.5. The van der Waals surface area contributed by atoms with E-state index in [-0.39, 0.29) is 36.8 Å². The molecule has 28 heavy (non-hydrogen) atoms. The number of likely N-dealkylation sites (tertiary alicyclic amines) is 1. The van der Waals surface area contributed by atoms with Crippen LogP contribution < -0.4 is 5.63 Å². The van der Waals surface area contributed by atoms with Crippen LogP contribution in [0.1, 0.15) is 36.8 Å². The maximum absolute atomic E-state index is 12.5. The van der Waals surface area contributed by atoms with Gasteiger partial charge in [-0.05, 0) is 31.4 Å². The van der Waals surface area contributed by atoms with Crippen LogP contribution in [0.25, 0.3) is 11.0 Å². The molecule has 2 fully saturated rings. The van der Waals surface area contributed by atoms with Crippen molar-refractivity contribution >= 4 is 28.8 Å². The molecule has 2 atom stereocenters. The molecule has 2 aromatic rings. The molecule has 0 N–H and O–H groups in total. The van der Waals surface area contributed by atoms with Crippen LogP contribution in [0.5, 0.6) is 0 Å². The van der Waals surface area contributed by atoms with E-state index < -0.39 is 11.6 Å². The van der Waals surface area contributed by atoms with Gasteiger partial charge in [-0.2, -0.15) is 0 Å². The summed E-state index contributed by atoms with van der Waals surface area (Å²) >= 11 is 0. The average Bonchev–Trinajstić information content (AvgIpc) is 2.91. The molecule has 1 aliphatic heterocycles. The summed E-state index contributed by atoms with van der Waals surface area (Å²) in [6, 6.07) is 6.70. The van der Waals surface area contributed by atoms with Crippen molar-refractivity contribution in [3.05, 3.63) is 45.8 Å². The quantitative estimate of drug-likeness (QED) is 0.457. The molecule has 1 saturated heterocycles. The van der Waals surface area contributed by atoms with Crippen molar-refractivity contribution in [1.82, 2.24) is 4.90 Å². The van der Waals surface area contributed by atoms with Crippen molar-refractivity contribution in [1.29, 1.82) is 0 Å². The lowest BCUT2D eigenvalue weighted by atomic mass is 9.81. The van der Waals surface area contributed by atoms with Gasteiger partial charge in [0.1, 0.15) is 18.7 Å². The minimum Gasteiger partial charge on any atom is -0.459 e. The van der Waals surface area contributed by atoms with Crippen molar-refractivity contribution < 1.29 is 23.5 Å². The normalized spacial score (nSPS) is 21.8. The Balaban J connectivity index is 1.45. The first-order valence-electron chi connectivity index (χ1n) is 9.48. The first-order valence-corrected chi connectivity index (χ1v) is 9.48. The summed E-state index contributed by atoms with van der Waals surface area (Å²) in [4.78, 5) is 50.0. The molecule has 1 aromatic heterocycles. The van der Waals surface area contributed by atoms with Gasteiger partial charge in [-0.1, -0.05) is 25.0 Å². The zero-order valence-electron chi connectivity index (χ0n) is 15.6. The summed E-state index contributed by atoms with van der Waals surface area (Å²) in [5.74, 6) is -1.80. The molecule has 2 amide bonds. The zero-order valence-corrected chi connectivity index (χ0v) is 15.6. The van der Waals surface area contributed by atoms with E-state index in [0.29, 0.717) is 29.4 Å². The van der Waals surface area contributed by atoms with Crippen LogP contribution in [0, 0.1) is 18.8 Å². The Morgan fingerprint density at radius 2 is 1.79 bits per heavy atom. The number of aryl methyl sites for hydroxylation is 1. The lowest BCUT2D eigenvalue weighted by molar-refractivity contribution is -0.153.